The average molecular weight is 402 g/mol. The van der Waals surface area contributed by atoms with Crippen LogP contribution in [0.5, 0.6) is 0 Å². The normalized spacial score (nSPS) is 16.3. The Bertz CT molecular complexity index is 972. The molecule has 3 aromatic rings. The number of sulfonamides is 1. The number of nitrogens with one attached hydrogen (secondary N) is 1. The van der Waals surface area contributed by atoms with Crippen LogP contribution in [0.1, 0.15) is 38.5 Å². The Hall–Kier alpha value is -1.96. The predicted molar refractivity (Wildman–Crippen MR) is 109 cm³/mol. The standard InChI is InChI=1S/C20H23N3O2S2/c24-27(25,22-16-9-4-1-2-5-10-16)19-15-23(17-11-6-3-7-12-17)21-20(19)18-13-8-14-26-18/h3,6-8,11-16,22H,1-2,4-5,9-10H2. The molecule has 0 amide bonds. The summed E-state index contributed by atoms with van der Waals surface area (Å²) in [6.07, 6.45) is 7.96. The molecule has 1 fully saturated rings. The van der Waals surface area contributed by atoms with Crippen LogP contribution in [-0.4, -0.2) is 24.2 Å². The third-order valence-corrected chi connectivity index (χ3v) is 7.32. The van der Waals surface area contributed by atoms with Crippen LogP contribution in [0.4, 0.5) is 0 Å². The van der Waals surface area contributed by atoms with Crippen molar-refractivity contribution in [3.63, 3.8) is 0 Å². The molecule has 142 valence electrons. The fraction of sp³-hybridized carbons (Fsp3) is 0.350. The molecular weight excluding hydrogens is 378 g/mol. The predicted octanol–water partition coefficient (Wildman–Crippen LogP) is 4.60. The summed E-state index contributed by atoms with van der Waals surface area (Å²) in [5, 5.41) is 6.55. The zero-order valence-electron chi connectivity index (χ0n) is 15.0. The lowest BCUT2D eigenvalue weighted by atomic mass is 10.1. The zero-order valence-corrected chi connectivity index (χ0v) is 16.7. The van der Waals surface area contributed by atoms with E-state index in [1.54, 1.807) is 10.9 Å². The second-order valence-electron chi connectivity index (χ2n) is 6.91. The molecular formula is C20H23N3O2S2. The van der Waals surface area contributed by atoms with E-state index in [0.29, 0.717) is 5.69 Å². The first-order chi connectivity index (χ1) is 13.1. The summed E-state index contributed by atoms with van der Waals surface area (Å²) in [5.74, 6) is 0. The molecule has 5 nitrogen and oxygen atoms in total. The van der Waals surface area contributed by atoms with Crippen molar-refractivity contribution in [1.82, 2.24) is 14.5 Å². The molecule has 1 N–H and O–H groups in total. The third-order valence-electron chi connectivity index (χ3n) is 4.92. The molecule has 0 radical (unpaired) electrons. The Morgan fingerprint density at radius 1 is 1.00 bits per heavy atom. The van der Waals surface area contributed by atoms with Crippen LogP contribution in [-0.2, 0) is 10.0 Å². The molecule has 0 aliphatic heterocycles. The van der Waals surface area contributed by atoms with E-state index >= 15 is 0 Å². The summed E-state index contributed by atoms with van der Waals surface area (Å²) < 4.78 is 31.0. The van der Waals surface area contributed by atoms with Crippen molar-refractivity contribution < 1.29 is 8.42 Å². The molecule has 0 saturated heterocycles. The zero-order chi connectivity index (χ0) is 18.7. The van der Waals surface area contributed by atoms with Gasteiger partial charge in [-0.25, -0.2) is 17.8 Å². The molecule has 0 unspecified atom stereocenters. The van der Waals surface area contributed by atoms with Crippen molar-refractivity contribution >= 4 is 21.4 Å². The van der Waals surface area contributed by atoms with E-state index in [-0.39, 0.29) is 10.9 Å². The van der Waals surface area contributed by atoms with Crippen molar-refractivity contribution in [2.24, 2.45) is 0 Å². The first-order valence-electron chi connectivity index (χ1n) is 9.35. The summed E-state index contributed by atoms with van der Waals surface area (Å²) in [6.45, 7) is 0. The van der Waals surface area contributed by atoms with Crippen molar-refractivity contribution in [1.29, 1.82) is 0 Å². The minimum atomic E-state index is -3.65. The topological polar surface area (TPSA) is 64.0 Å². The molecule has 1 aliphatic rings. The highest BCUT2D eigenvalue weighted by Crippen LogP contribution is 2.31. The van der Waals surface area contributed by atoms with Crippen LogP contribution in [0, 0.1) is 0 Å². The van der Waals surface area contributed by atoms with Gasteiger partial charge in [-0.1, -0.05) is 49.9 Å². The molecule has 2 aromatic heterocycles. The van der Waals surface area contributed by atoms with Gasteiger partial charge in [0.2, 0.25) is 10.0 Å². The molecule has 0 bridgehead atoms. The monoisotopic (exact) mass is 401 g/mol. The lowest BCUT2D eigenvalue weighted by molar-refractivity contribution is 0.510. The van der Waals surface area contributed by atoms with Crippen LogP contribution in [0.3, 0.4) is 0 Å². The largest absolute Gasteiger partial charge is 0.244 e. The van der Waals surface area contributed by atoms with E-state index < -0.39 is 10.0 Å². The molecule has 0 spiro atoms. The maximum atomic E-state index is 13.2. The molecule has 1 aromatic carbocycles. The fourth-order valence-corrected chi connectivity index (χ4v) is 5.77. The van der Waals surface area contributed by atoms with Crippen LogP contribution in [0.15, 0.2) is 58.9 Å². The second kappa shape index (κ2) is 7.96. The summed E-state index contributed by atoms with van der Waals surface area (Å²) in [6, 6.07) is 13.4. The molecule has 2 heterocycles. The average Bonchev–Trinajstić information content (AvgIpc) is 3.29. The molecule has 27 heavy (non-hydrogen) atoms. The lowest BCUT2D eigenvalue weighted by Crippen LogP contribution is -2.34. The van der Waals surface area contributed by atoms with Gasteiger partial charge in [-0.05, 0) is 36.4 Å². The maximum Gasteiger partial charge on any atom is 0.244 e. The third kappa shape index (κ3) is 4.15. The van der Waals surface area contributed by atoms with Gasteiger partial charge in [-0.3, -0.25) is 0 Å². The van der Waals surface area contributed by atoms with Crippen molar-refractivity contribution in [3.8, 4) is 16.3 Å². The Morgan fingerprint density at radius 3 is 2.41 bits per heavy atom. The first-order valence-corrected chi connectivity index (χ1v) is 11.7. The Morgan fingerprint density at radius 2 is 1.74 bits per heavy atom. The number of para-hydroxylation sites is 1. The summed E-state index contributed by atoms with van der Waals surface area (Å²) in [7, 11) is -3.65. The smallest absolute Gasteiger partial charge is 0.239 e. The van der Waals surface area contributed by atoms with Crippen LogP contribution < -0.4 is 4.72 Å². The van der Waals surface area contributed by atoms with E-state index in [0.717, 1.165) is 36.2 Å². The van der Waals surface area contributed by atoms with Crippen molar-refractivity contribution in [2.75, 3.05) is 0 Å². The Balaban J connectivity index is 1.72. The lowest BCUT2D eigenvalue weighted by Gasteiger charge is -2.16. The van der Waals surface area contributed by atoms with E-state index in [1.807, 2.05) is 47.8 Å². The van der Waals surface area contributed by atoms with E-state index in [9.17, 15) is 8.42 Å². The second-order valence-corrected chi connectivity index (χ2v) is 9.54. The highest BCUT2D eigenvalue weighted by molar-refractivity contribution is 7.89. The van der Waals surface area contributed by atoms with Crippen molar-refractivity contribution in [2.45, 2.75) is 49.5 Å². The molecule has 1 aliphatic carbocycles. The maximum absolute atomic E-state index is 13.2. The quantitative estimate of drug-likeness (QED) is 0.636. The fourth-order valence-electron chi connectivity index (χ4n) is 3.53. The van der Waals surface area contributed by atoms with E-state index in [4.69, 9.17) is 0 Å². The number of rotatable bonds is 5. The van der Waals surface area contributed by atoms with Gasteiger partial charge >= 0.3 is 0 Å². The van der Waals surface area contributed by atoms with Gasteiger partial charge in [0.05, 0.1) is 16.8 Å². The highest BCUT2D eigenvalue weighted by atomic mass is 32.2. The van der Waals surface area contributed by atoms with E-state index in [1.165, 1.54) is 24.2 Å². The minimum absolute atomic E-state index is 0.00811. The number of hydrogen-bond donors (Lipinski definition) is 1. The van der Waals surface area contributed by atoms with Crippen LogP contribution in [0.25, 0.3) is 16.3 Å². The van der Waals surface area contributed by atoms with E-state index in [2.05, 4.69) is 9.82 Å². The van der Waals surface area contributed by atoms with Gasteiger partial charge in [0, 0.05) is 6.04 Å². The Labute approximate surface area is 164 Å². The number of thiophene rings is 1. The van der Waals surface area contributed by atoms with Crippen LogP contribution in [0.2, 0.25) is 0 Å². The SMILES string of the molecule is O=S(=O)(NC1CCCCCC1)c1cn(-c2ccccc2)nc1-c1cccs1. The highest BCUT2D eigenvalue weighted by Gasteiger charge is 2.27. The molecule has 7 heteroatoms. The first kappa shape index (κ1) is 18.4. The van der Waals surface area contributed by atoms with Crippen molar-refractivity contribution in [3.05, 3.63) is 54.0 Å². The van der Waals surface area contributed by atoms with Gasteiger partial charge in [0.15, 0.2) is 0 Å². The number of benzene rings is 1. The van der Waals surface area contributed by atoms with Gasteiger partial charge in [0.1, 0.15) is 10.6 Å². The van der Waals surface area contributed by atoms with Gasteiger partial charge < -0.3 is 0 Å². The summed E-state index contributed by atoms with van der Waals surface area (Å²) >= 11 is 1.50. The molecule has 0 atom stereocenters. The van der Waals surface area contributed by atoms with Gasteiger partial charge in [-0.15, -0.1) is 11.3 Å². The number of nitrogens with zero attached hydrogens (tertiary/aromatic N) is 2. The van der Waals surface area contributed by atoms with Gasteiger partial charge in [-0.2, -0.15) is 5.10 Å². The summed E-state index contributed by atoms with van der Waals surface area (Å²) in [5.41, 5.74) is 1.35. The Kier molecular flexibility index (Phi) is 5.43. The van der Waals surface area contributed by atoms with Gasteiger partial charge in [0.25, 0.3) is 0 Å². The minimum Gasteiger partial charge on any atom is -0.239 e. The number of hydrogen-bond acceptors (Lipinski definition) is 4. The molecule has 4 rings (SSSR count). The number of aromatic nitrogens is 2. The summed E-state index contributed by atoms with van der Waals surface area (Å²) in [4.78, 5) is 1.10. The molecule has 1 saturated carbocycles. The van der Waals surface area contributed by atoms with Crippen LogP contribution >= 0.6 is 11.3 Å².